The molecule has 0 saturated carbocycles. The molecule has 5 rings (SSSR count). The van der Waals surface area contributed by atoms with Crippen molar-refractivity contribution in [3.05, 3.63) is 58.8 Å². The third-order valence-corrected chi connectivity index (χ3v) is 8.40. The fraction of sp³-hybridized carbons (Fsp3) is 0.567. The molecule has 3 heterocycles. The van der Waals surface area contributed by atoms with Crippen molar-refractivity contribution in [2.24, 2.45) is 22.9 Å². The number of rotatable bonds is 9. The first-order chi connectivity index (χ1) is 18.6. The number of allylic oxidation sites excluding steroid dienone is 2. The van der Waals surface area contributed by atoms with E-state index < -0.39 is 0 Å². The molecule has 8 nitrogen and oxygen atoms in total. The Morgan fingerprint density at radius 2 is 1.76 bits per heavy atom. The highest BCUT2D eigenvalue weighted by molar-refractivity contribution is 5.81. The molecule has 0 N–H and O–H groups in total. The molecule has 0 spiro atoms. The maximum Gasteiger partial charge on any atom is 0.226 e. The molecule has 2 atom stereocenters. The van der Waals surface area contributed by atoms with Crippen molar-refractivity contribution < 1.29 is 9.53 Å². The number of benzene rings is 1. The van der Waals surface area contributed by atoms with Crippen LogP contribution in [0.4, 0.5) is 5.95 Å². The molecule has 1 aromatic heterocycles. The van der Waals surface area contributed by atoms with E-state index in [0.29, 0.717) is 19.0 Å². The number of amides is 1. The van der Waals surface area contributed by atoms with E-state index in [0.717, 1.165) is 82.9 Å². The molecule has 2 fully saturated rings. The van der Waals surface area contributed by atoms with Crippen LogP contribution in [0.5, 0.6) is 5.75 Å². The zero-order valence-corrected chi connectivity index (χ0v) is 22.4. The van der Waals surface area contributed by atoms with Gasteiger partial charge in [-0.1, -0.05) is 30.3 Å². The van der Waals surface area contributed by atoms with Crippen LogP contribution in [-0.4, -0.2) is 60.1 Å². The number of piperidine rings is 1. The lowest BCUT2D eigenvalue weighted by atomic mass is 9.86. The van der Waals surface area contributed by atoms with Gasteiger partial charge < -0.3 is 14.5 Å². The van der Waals surface area contributed by atoms with E-state index in [-0.39, 0.29) is 17.7 Å². The molecule has 2 aromatic rings. The number of nitroso groups, excluding NO2 is 1. The Labute approximate surface area is 225 Å². The number of carbonyl (C=O) groups excluding carboxylic acids is 1. The molecule has 38 heavy (non-hydrogen) atoms. The first-order valence-corrected chi connectivity index (χ1v) is 14.2. The largest absolute Gasteiger partial charge is 0.493 e. The summed E-state index contributed by atoms with van der Waals surface area (Å²) in [5.74, 6) is 2.81. The van der Waals surface area contributed by atoms with Gasteiger partial charge in [-0.15, -0.1) is 0 Å². The van der Waals surface area contributed by atoms with Crippen LogP contribution < -0.4 is 9.64 Å². The molecule has 202 valence electrons. The minimum absolute atomic E-state index is 0.0537. The zero-order valence-electron chi connectivity index (χ0n) is 22.4. The average Bonchev–Trinajstić information content (AvgIpc) is 3.45. The molecule has 1 aromatic carbocycles. The normalized spacial score (nSPS) is 22.3. The lowest BCUT2D eigenvalue weighted by molar-refractivity contribution is -0.134. The highest BCUT2D eigenvalue weighted by Crippen LogP contribution is 2.33. The number of ether oxygens (including phenoxy) is 1. The molecule has 1 amide bonds. The predicted molar refractivity (Wildman–Crippen MR) is 149 cm³/mol. The van der Waals surface area contributed by atoms with Gasteiger partial charge in [0.05, 0.1) is 13.2 Å². The molecule has 3 aliphatic rings. The smallest absolute Gasteiger partial charge is 0.226 e. The molecular weight excluding hydrogens is 478 g/mol. The number of hydrogen-bond acceptors (Lipinski definition) is 7. The Morgan fingerprint density at radius 3 is 2.42 bits per heavy atom. The molecule has 2 unspecified atom stereocenters. The van der Waals surface area contributed by atoms with Gasteiger partial charge in [0.2, 0.25) is 11.9 Å². The van der Waals surface area contributed by atoms with Gasteiger partial charge in [-0.25, -0.2) is 9.97 Å². The van der Waals surface area contributed by atoms with Crippen LogP contribution >= 0.6 is 0 Å². The monoisotopic (exact) mass is 517 g/mol. The number of hydrogen-bond donors (Lipinski definition) is 0. The number of likely N-dealkylation sites (tertiary alicyclic amines) is 1. The number of anilines is 1. The summed E-state index contributed by atoms with van der Waals surface area (Å²) in [7, 11) is 0. The summed E-state index contributed by atoms with van der Waals surface area (Å²) in [5.41, 5.74) is 3.69. The van der Waals surface area contributed by atoms with Crippen molar-refractivity contribution in [2.75, 3.05) is 44.2 Å². The number of aromatic nitrogens is 2. The minimum atomic E-state index is 0.0537. The first-order valence-electron chi connectivity index (χ1n) is 14.2. The standard InChI is InChI=1S/C30H39N5O3/c1-2-22-17-31-30(32-18-22)34-14-11-23(12-15-34)21-38-28-9-7-26(8-10-28)25-3-5-27(6-4-25)29(36)35-16-13-24(20-35)19-33-37/h3,7-10,17-18,23-24,27H,2,4-6,11-16,19-21H2,1H3. The van der Waals surface area contributed by atoms with E-state index in [2.05, 4.69) is 57.3 Å². The van der Waals surface area contributed by atoms with Crippen LogP contribution in [0.2, 0.25) is 0 Å². The molecule has 1 aliphatic carbocycles. The summed E-state index contributed by atoms with van der Waals surface area (Å²) in [6.07, 6.45) is 12.7. The Balaban J connectivity index is 1.05. The van der Waals surface area contributed by atoms with E-state index in [9.17, 15) is 9.70 Å². The van der Waals surface area contributed by atoms with Gasteiger partial charge in [-0.05, 0) is 79.7 Å². The van der Waals surface area contributed by atoms with E-state index in [1.165, 1.54) is 16.7 Å². The van der Waals surface area contributed by atoms with E-state index in [1.807, 2.05) is 17.3 Å². The highest BCUT2D eigenvalue weighted by Gasteiger charge is 2.31. The van der Waals surface area contributed by atoms with Gasteiger partial charge in [0, 0.05) is 50.4 Å². The van der Waals surface area contributed by atoms with Crippen LogP contribution in [0, 0.1) is 22.7 Å². The fourth-order valence-corrected chi connectivity index (χ4v) is 5.84. The van der Waals surface area contributed by atoms with Crippen LogP contribution in [0.3, 0.4) is 0 Å². The van der Waals surface area contributed by atoms with Gasteiger partial charge in [0.1, 0.15) is 5.75 Å². The maximum atomic E-state index is 12.9. The fourth-order valence-electron chi connectivity index (χ4n) is 5.84. The van der Waals surface area contributed by atoms with Crippen molar-refractivity contribution in [3.63, 3.8) is 0 Å². The third kappa shape index (κ3) is 6.40. The molecule has 0 bridgehead atoms. The van der Waals surface area contributed by atoms with Crippen molar-refractivity contribution in [1.82, 2.24) is 14.9 Å². The average molecular weight is 518 g/mol. The summed E-state index contributed by atoms with van der Waals surface area (Å²) in [5, 5.41) is 3.01. The topological polar surface area (TPSA) is 88.0 Å². The van der Waals surface area contributed by atoms with Gasteiger partial charge >= 0.3 is 0 Å². The second kappa shape index (κ2) is 12.5. The van der Waals surface area contributed by atoms with E-state index >= 15 is 0 Å². The maximum absolute atomic E-state index is 12.9. The number of carbonyl (C=O) groups is 1. The van der Waals surface area contributed by atoms with Crippen LogP contribution in [0.15, 0.2) is 47.9 Å². The van der Waals surface area contributed by atoms with Crippen molar-refractivity contribution in [1.29, 1.82) is 0 Å². The summed E-state index contributed by atoms with van der Waals surface area (Å²) in [4.78, 5) is 36.7. The molecule has 8 heteroatoms. The van der Waals surface area contributed by atoms with Crippen LogP contribution in [0.25, 0.3) is 5.57 Å². The van der Waals surface area contributed by atoms with E-state index in [1.54, 1.807) is 0 Å². The summed E-state index contributed by atoms with van der Waals surface area (Å²) in [6, 6.07) is 8.41. The van der Waals surface area contributed by atoms with E-state index in [4.69, 9.17) is 4.74 Å². The predicted octanol–water partition coefficient (Wildman–Crippen LogP) is 5.13. The molecular formula is C30H39N5O3. The van der Waals surface area contributed by atoms with Crippen LogP contribution in [-0.2, 0) is 11.2 Å². The summed E-state index contributed by atoms with van der Waals surface area (Å²) in [6.45, 7) is 6.53. The van der Waals surface area contributed by atoms with Gasteiger partial charge in [-0.2, -0.15) is 4.91 Å². The Kier molecular flexibility index (Phi) is 8.66. The van der Waals surface area contributed by atoms with Crippen molar-refractivity contribution in [3.8, 4) is 5.75 Å². The van der Waals surface area contributed by atoms with Gasteiger partial charge in [0.25, 0.3) is 0 Å². The molecule has 0 radical (unpaired) electrons. The summed E-state index contributed by atoms with van der Waals surface area (Å²) < 4.78 is 6.14. The van der Waals surface area contributed by atoms with Crippen molar-refractivity contribution >= 4 is 17.4 Å². The Bertz CT molecular complexity index is 1110. The molecule has 2 aliphatic heterocycles. The minimum Gasteiger partial charge on any atom is -0.493 e. The molecule has 2 saturated heterocycles. The lowest BCUT2D eigenvalue weighted by Gasteiger charge is -2.31. The van der Waals surface area contributed by atoms with Gasteiger partial charge in [0.15, 0.2) is 0 Å². The lowest BCUT2D eigenvalue weighted by Crippen LogP contribution is -2.36. The van der Waals surface area contributed by atoms with Crippen molar-refractivity contribution in [2.45, 2.75) is 51.9 Å². The highest BCUT2D eigenvalue weighted by atomic mass is 16.5. The van der Waals surface area contributed by atoms with Crippen LogP contribution in [0.1, 0.15) is 56.6 Å². The Morgan fingerprint density at radius 1 is 1.03 bits per heavy atom. The van der Waals surface area contributed by atoms with Gasteiger partial charge in [-0.3, -0.25) is 4.79 Å². The first kappa shape index (κ1) is 26.3. The SMILES string of the molecule is CCc1cnc(N2CCC(COc3ccc(C4=CCC(C(=O)N5CCC(CN=O)C5)CC4)cc3)CC2)nc1. The number of aryl methyl sites for hydroxylation is 1. The quantitative estimate of drug-likeness (QED) is 0.429. The summed E-state index contributed by atoms with van der Waals surface area (Å²) >= 11 is 0. The Hall–Kier alpha value is -3.29. The number of nitrogens with zero attached hydrogens (tertiary/aromatic N) is 5. The second-order valence-corrected chi connectivity index (χ2v) is 11.0. The second-order valence-electron chi connectivity index (χ2n) is 11.0. The third-order valence-electron chi connectivity index (χ3n) is 8.40. The zero-order chi connectivity index (χ0) is 26.3.